The number of halogens is 1. The highest BCUT2D eigenvalue weighted by Crippen LogP contribution is 2.28. The molecule has 0 aliphatic heterocycles. The molecular weight excluding hydrogens is 376 g/mol. The van der Waals surface area contributed by atoms with Gasteiger partial charge in [-0.15, -0.1) is 0 Å². The van der Waals surface area contributed by atoms with Crippen molar-refractivity contribution in [3.63, 3.8) is 0 Å². The maximum atomic E-state index is 5.38. The first kappa shape index (κ1) is 15.9. The lowest BCUT2D eigenvalue weighted by molar-refractivity contribution is 0.415. The first-order valence-electron chi connectivity index (χ1n) is 8.09. The third-order valence-electron chi connectivity index (χ3n) is 4.21. The predicted octanol–water partition coefficient (Wildman–Crippen LogP) is 5.52. The first-order valence-corrected chi connectivity index (χ1v) is 8.88. The smallest absolute Gasteiger partial charge is 0.141 e. The first-order chi connectivity index (χ1) is 12.2. The second-order valence-corrected chi connectivity index (χ2v) is 6.79. The van der Waals surface area contributed by atoms with E-state index < -0.39 is 0 Å². The number of aromatic nitrogens is 2. The Morgan fingerprint density at radius 2 is 1.80 bits per heavy atom. The molecule has 4 aromatic rings. The Kier molecular flexibility index (Phi) is 4.28. The molecule has 0 spiro atoms. The number of hydrogen-bond donors (Lipinski definition) is 0. The van der Waals surface area contributed by atoms with Crippen LogP contribution in [0.1, 0.15) is 5.56 Å². The van der Waals surface area contributed by atoms with Gasteiger partial charge >= 0.3 is 0 Å². The number of ether oxygens (including phenoxy) is 1. The van der Waals surface area contributed by atoms with Crippen LogP contribution in [0.4, 0.5) is 0 Å². The standard InChI is InChI=1S/C21H17BrN2O/c1-25-18-9-5-7-16(13-18)21-23-19-10-2-3-11-20(19)24(21)14-15-6-4-8-17(22)12-15/h2-13H,14H2,1H3. The molecule has 0 N–H and O–H groups in total. The average molecular weight is 393 g/mol. The van der Waals surface area contributed by atoms with Crippen LogP contribution in [0.3, 0.4) is 0 Å². The van der Waals surface area contributed by atoms with Gasteiger partial charge in [-0.3, -0.25) is 0 Å². The van der Waals surface area contributed by atoms with E-state index in [1.165, 1.54) is 5.56 Å². The maximum absolute atomic E-state index is 5.38. The lowest BCUT2D eigenvalue weighted by Crippen LogP contribution is -2.02. The minimum atomic E-state index is 0.756. The Bertz CT molecular complexity index is 1040. The summed E-state index contributed by atoms with van der Waals surface area (Å²) in [5.41, 5.74) is 4.39. The van der Waals surface area contributed by atoms with Gasteiger partial charge < -0.3 is 9.30 Å². The molecule has 0 aliphatic rings. The molecule has 1 aromatic heterocycles. The number of rotatable bonds is 4. The quantitative estimate of drug-likeness (QED) is 0.456. The van der Waals surface area contributed by atoms with Crippen LogP contribution in [0.5, 0.6) is 5.75 Å². The van der Waals surface area contributed by atoms with Crippen molar-refractivity contribution in [1.82, 2.24) is 9.55 Å². The van der Waals surface area contributed by atoms with Crippen LogP contribution in [-0.2, 0) is 6.54 Å². The van der Waals surface area contributed by atoms with Crippen molar-refractivity contribution in [3.05, 3.63) is 82.8 Å². The molecule has 0 saturated heterocycles. The summed E-state index contributed by atoms with van der Waals surface area (Å²) in [4.78, 5) is 4.87. The van der Waals surface area contributed by atoms with Crippen molar-refractivity contribution < 1.29 is 4.74 Å². The number of benzene rings is 3. The topological polar surface area (TPSA) is 27.1 Å². The third kappa shape index (κ3) is 3.17. The van der Waals surface area contributed by atoms with E-state index in [9.17, 15) is 0 Å². The van der Waals surface area contributed by atoms with Crippen LogP contribution >= 0.6 is 15.9 Å². The van der Waals surface area contributed by atoms with E-state index in [0.717, 1.165) is 39.2 Å². The SMILES string of the molecule is COc1cccc(-c2nc3ccccc3n2Cc2cccc(Br)c2)c1. The van der Waals surface area contributed by atoms with Crippen molar-refractivity contribution in [1.29, 1.82) is 0 Å². The number of nitrogens with zero attached hydrogens (tertiary/aromatic N) is 2. The molecule has 0 atom stereocenters. The van der Waals surface area contributed by atoms with Crippen LogP contribution in [0.15, 0.2) is 77.3 Å². The monoisotopic (exact) mass is 392 g/mol. The normalized spacial score (nSPS) is 11.0. The van der Waals surface area contributed by atoms with Crippen molar-refractivity contribution >= 4 is 27.0 Å². The Morgan fingerprint density at radius 3 is 2.64 bits per heavy atom. The third-order valence-corrected chi connectivity index (χ3v) is 4.71. The van der Waals surface area contributed by atoms with E-state index in [-0.39, 0.29) is 0 Å². The summed E-state index contributed by atoms with van der Waals surface area (Å²) in [6.45, 7) is 0.756. The van der Waals surface area contributed by atoms with E-state index in [1.54, 1.807) is 7.11 Å². The highest BCUT2D eigenvalue weighted by atomic mass is 79.9. The molecule has 0 bridgehead atoms. The summed E-state index contributed by atoms with van der Waals surface area (Å²) in [6.07, 6.45) is 0. The molecule has 1 heterocycles. The molecular formula is C21H17BrN2O. The number of para-hydroxylation sites is 2. The predicted molar refractivity (Wildman–Crippen MR) is 105 cm³/mol. The van der Waals surface area contributed by atoms with Gasteiger partial charge in [-0.05, 0) is 42.0 Å². The van der Waals surface area contributed by atoms with Crippen LogP contribution in [0.2, 0.25) is 0 Å². The van der Waals surface area contributed by atoms with Gasteiger partial charge in [0.05, 0.1) is 18.1 Å². The van der Waals surface area contributed by atoms with E-state index in [1.807, 2.05) is 30.3 Å². The molecule has 0 fully saturated rings. The van der Waals surface area contributed by atoms with Crippen molar-refractivity contribution in [2.45, 2.75) is 6.54 Å². The highest BCUT2D eigenvalue weighted by molar-refractivity contribution is 9.10. The van der Waals surface area contributed by atoms with Crippen LogP contribution in [0.25, 0.3) is 22.4 Å². The zero-order valence-electron chi connectivity index (χ0n) is 13.8. The fourth-order valence-corrected chi connectivity index (χ4v) is 3.48. The lowest BCUT2D eigenvalue weighted by atomic mass is 10.2. The molecule has 25 heavy (non-hydrogen) atoms. The molecule has 3 aromatic carbocycles. The fourth-order valence-electron chi connectivity index (χ4n) is 3.04. The highest BCUT2D eigenvalue weighted by Gasteiger charge is 2.13. The second-order valence-electron chi connectivity index (χ2n) is 5.87. The minimum Gasteiger partial charge on any atom is -0.497 e. The zero-order valence-corrected chi connectivity index (χ0v) is 15.4. The second kappa shape index (κ2) is 6.73. The van der Waals surface area contributed by atoms with Crippen molar-refractivity contribution in [2.24, 2.45) is 0 Å². The Labute approximate surface area is 155 Å². The molecule has 0 aliphatic carbocycles. The minimum absolute atomic E-state index is 0.756. The van der Waals surface area contributed by atoms with Gasteiger partial charge in [0.2, 0.25) is 0 Å². The summed E-state index contributed by atoms with van der Waals surface area (Å²) in [7, 11) is 1.68. The van der Waals surface area contributed by atoms with E-state index in [4.69, 9.17) is 9.72 Å². The van der Waals surface area contributed by atoms with Gasteiger partial charge in [-0.25, -0.2) is 4.98 Å². The van der Waals surface area contributed by atoms with Gasteiger partial charge in [0.1, 0.15) is 11.6 Å². The Morgan fingerprint density at radius 1 is 0.960 bits per heavy atom. The van der Waals surface area contributed by atoms with E-state index in [2.05, 4.69) is 63.0 Å². The van der Waals surface area contributed by atoms with Gasteiger partial charge in [0.15, 0.2) is 0 Å². The van der Waals surface area contributed by atoms with E-state index in [0.29, 0.717) is 0 Å². The van der Waals surface area contributed by atoms with Gasteiger partial charge in [0, 0.05) is 16.6 Å². The lowest BCUT2D eigenvalue weighted by Gasteiger charge is -2.11. The molecule has 3 nitrogen and oxygen atoms in total. The number of methoxy groups -OCH3 is 1. The van der Waals surface area contributed by atoms with Gasteiger partial charge in [-0.1, -0.05) is 52.3 Å². The van der Waals surface area contributed by atoms with Crippen LogP contribution < -0.4 is 4.74 Å². The Hall–Kier alpha value is -2.59. The molecule has 0 saturated carbocycles. The number of imidazole rings is 1. The summed E-state index contributed by atoms with van der Waals surface area (Å²) in [5, 5.41) is 0. The molecule has 124 valence electrons. The van der Waals surface area contributed by atoms with Crippen molar-refractivity contribution in [2.75, 3.05) is 7.11 Å². The molecule has 0 radical (unpaired) electrons. The number of hydrogen-bond acceptors (Lipinski definition) is 2. The van der Waals surface area contributed by atoms with Gasteiger partial charge in [0.25, 0.3) is 0 Å². The summed E-state index contributed by atoms with van der Waals surface area (Å²) >= 11 is 3.56. The van der Waals surface area contributed by atoms with E-state index >= 15 is 0 Å². The molecule has 0 unspecified atom stereocenters. The fraction of sp³-hybridized carbons (Fsp3) is 0.0952. The summed E-state index contributed by atoms with van der Waals surface area (Å²) in [6, 6.07) is 24.7. The van der Waals surface area contributed by atoms with Crippen molar-refractivity contribution in [3.8, 4) is 17.1 Å². The molecule has 4 heteroatoms. The summed E-state index contributed by atoms with van der Waals surface area (Å²) in [5.74, 6) is 1.78. The molecule has 4 rings (SSSR count). The van der Waals surface area contributed by atoms with Crippen LogP contribution in [0, 0.1) is 0 Å². The number of fused-ring (bicyclic) bond motifs is 1. The summed E-state index contributed by atoms with van der Waals surface area (Å²) < 4.78 is 8.72. The largest absolute Gasteiger partial charge is 0.497 e. The zero-order chi connectivity index (χ0) is 17.2. The average Bonchev–Trinajstić information content (AvgIpc) is 3.00. The van der Waals surface area contributed by atoms with Crippen LogP contribution in [-0.4, -0.2) is 16.7 Å². The molecule has 0 amide bonds. The Balaban J connectivity index is 1.88. The van der Waals surface area contributed by atoms with Gasteiger partial charge in [-0.2, -0.15) is 0 Å². The maximum Gasteiger partial charge on any atom is 0.141 e.